The van der Waals surface area contributed by atoms with E-state index < -0.39 is 0 Å². The van der Waals surface area contributed by atoms with Gasteiger partial charge in [-0.25, -0.2) is 0 Å². The number of aryl methyl sites for hydroxylation is 1. The van der Waals surface area contributed by atoms with Gasteiger partial charge in [-0.05, 0) is 93.1 Å². The molecule has 1 N–H and O–H groups in total. The Kier molecular flexibility index (Phi) is 7.00. The van der Waals surface area contributed by atoms with Crippen molar-refractivity contribution < 1.29 is 4.79 Å². The summed E-state index contributed by atoms with van der Waals surface area (Å²) in [5, 5.41) is 3.69. The Balaban J connectivity index is 1.09. The van der Waals surface area contributed by atoms with Gasteiger partial charge in [-0.2, -0.15) is 0 Å². The molecule has 154 valence electrons. The molecule has 1 heterocycles. The van der Waals surface area contributed by atoms with E-state index in [9.17, 15) is 4.79 Å². The number of carbonyl (C=O) groups is 1. The topological polar surface area (TPSA) is 32.3 Å². The van der Waals surface area contributed by atoms with Crippen molar-refractivity contribution in [3.63, 3.8) is 0 Å². The monoisotopic (exact) mass is 390 g/mol. The molecule has 1 aliphatic carbocycles. The van der Waals surface area contributed by atoms with E-state index in [4.69, 9.17) is 0 Å². The quantitative estimate of drug-likeness (QED) is 0.694. The lowest BCUT2D eigenvalue weighted by atomic mass is 9.82. The lowest BCUT2D eigenvalue weighted by Gasteiger charge is -2.32. The van der Waals surface area contributed by atoms with Crippen LogP contribution in [0.3, 0.4) is 0 Å². The highest BCUT2D eigenvalue weighted by Gasteiger charge is 2.23. The summed E-state index contributed by atoms with van der Waals surface area (Å²) in [5.41, 5.74) is 3.96. The van der Waals surface area contributed by atoms with Crippen molar-refractivity contribution >= 4 is 5.91 Å². The maximum absolute atomic E-state index is 12.5. The van der Waals surface area contributed by atoms with Crippen LogP contribution in [0.5, 0.6) is 0 Å². The van der Waals surface area contributed by atoms with Crippen molar-refractivity contribution in [2.45, 2.75) is 44.9 Å². The molecule has 3 nitrogen and oxygen atoms in total. The molecule has 3 heteroatoms. The zero-order chi connectivity index (χ0) is 19.9. The predicted molar refractivity (Wildman–Crippen MR) is 119 cm³/mol. The average Bonchev–Trinajstić information content (AvgIpc) is 2.79. The molecule has 1 unspecified atom stereocenters. The van der Waals surface area contributed by atoms with Gasteiger partial charge in [-0.3, -0.25) is 4.79 Å². The minimum Gasteiger partial charge on any atom is -0.339 e. The number of likely N-dealkylation sites (tertiary alicyclic amines) is 1. The predicted octanol–water partition coefficient (Wildman–Crippen LogP) is 4.71. The number of hydrogen-bond acceptors (Lipinski definition) is 2. The molecule has 2 aromatic rings. The van der Waals surface area contributed by atoms with Crippen LogP contribution in [0.1, 0.15) is 53.6 Å². The fraction of sp³-hybridized carbons (Fsp3) is 0.500. The van der Waals surface area contributed by atoms with E-state index in [2.05, 4.69) is 29.6 Å². The van der Waals surface area contributed by atoms with Crippen LogP contribution in [0.25, 0.3) is 0 Å². The summed E-state index contributed by atoms with van der Waals surface area (Å²) in [7, 11) is 0. The molecule has 0 bridgehead atoms. The second-order valence-corrected chi connectivity index (χ2v) is 8.83. The van der Waals surface area contributed by atoms with Gasteiger partial charge >= 0.3 is 0 Å². The third-order valence-electron chi connectivity index (χ3n) is 6.77. The van der Waals surface area contributed by atoms with E-state index in [0.29, 0.717) is 5.92 Å². The van der Waals surface area contributed by atoms with Crippen LogP contribution >= 0.6 is 0 Å². The lowest BCUT2D eigenvalue weighted by molar-refractivity contribution is 0.0690. The smallest absolute Gasteiger partial charge is 0.253 e. The second-order valence-electron chi connectivity index (χ2n) is 8.83. The van der Waals surface area contributed by atoms with Crippen molar-refractivity contribution in [1.29, 1.82) is 0 Å². The molecular weight excluding hydrogens is 356 g/mol. The zero-order valence-corrected chi connectivity index (χ0v) is 17.5. The lowest BCUT2D eigenvalue weighted by Crippen LogP contribution is -2.40. The van der Waals surface area contributed by atoms with Crippen molar-refractivity contribution in [2.75, 3.05) is 26.2 Å². The van der Waals surface area contributed by atoms with Crippen LogP contribution in [0, 0.1) is 11.8 Å². The number of piperidine rings is 1. The molecule has 1 amide bonds. The third kappa shape index (κ3) is 5.48. The normalized spacial score (nSPS) is 19.7. The molecule has 2 aliphatic rings. The summed E-state index contributed by atoms with van der Waals surface area (Å²) in [6.07, 6.45) is 8.73. The van der Waals surface area contributed by atoms with E-state index in [0.717, 1.165) is 50.5 Å². The van der Waals surface area contributed by atoms with Gasteiger partial charge in [0.25, 0.3) is 5.91 Å². The van der Waals surface area contributed by atoms with Gasteiger partial charge < -0.3 is 10.2 Å². The molecule has 1 aliphatic heterocycles. The van der Waals surface area contributed by atoms with Gasteiger partial charge in [-0.15, -0.1) is 0 Å². The summed E-state index contributed by atoms with van der Waals surface area (Å²) < 4.78 is 0. The van der Waals surface area contributed by atoms with E-state index in [1.807, 2.05) is 35.2 Å². The van der Waals surface area contributed by atoms with Crippen LogP contribution < -0.4 is 5.32 Å². The minimum atomic E-state index is 0.186. The Morgan fingerprint density at radius 1 is 0.897 bits per heavy atom. The number of nitrogens with zero attached hydrogens (tertiary/aromatic N) is 1. The number of nitrogens with one attached hydrogen (secondary N) is 1. The Hall–Kier alpha value is -2.13. The average molecular weight is 391 g/mol. The highest BCUT2D eigenvalue weighted by molar-refractivity contribution is 5.94. The highest BCUT2D eigenvalue weighted by atomic mass is 16.2. The molecule has 1 saturated heterocycles. The molecule has 29 heavy (non-hydrogen) atoms. The molecule has 0 radical (unpaired) electrons. The fourth-order valence-corrected chi connectivity index (χ4v) is 4.95. The first kappa shape index (κ1) is 20.2. The van der Waals surface area contributed by atoms with Gasteiger partial charge in [-0.1, -0.05) is 42.5 Å². The number of hydrogen-bond donors (Lipinski definition) is 1. The number of rotatable bonds is 7. The van der Waals surface area contributed by atoms with Gasteiger partial charge in [0.2, 0.25) is 0 Å². The Bertz CT molecular complexity index is 780. The van der Waals surface area contributed by atoms with Gasteiger partial charge in [0.05, 0.1) is 0 Å². The summed E-state index contributed by atoms with van der Waals surface area (Å²) in [4.78, 5) is 14.6. The third-order valence-corrected chi connectivity index (χ3v) is 6.77. The Morgan fingerprint density at radius 2 is 1.62 bits per heavy atom. The van der Waals surface area contributed by atoms with Crippen molar-refractivity contribution in [3.8, 4) is 0 Å². The van der Waals surface area contributed by atoms with E-state index in [1.54, 1.807) is 11.1 Å². The first-order valence-corrected chi connectivity index (χ1v) is 11.4. The Morgan fingerprint density at radius 3 is 2.41 bits per heavy atom. The van der Waals surface area contributed by atoms with Gasteiger partial charge in [0.15, 0.2) is 0 Å². The number of carbonyl (C=O) groups excluding carboxylic acids is 1. The van der Waals surface area contributed by atoms with E-state index in [-0.39, 0.29) is 5.91 Å². The zero-order valence-electron chi connectivity index (χ0n) is 17.5. The summed E-state index contributed by atoms with van der Waals surface area (Å²) in [5.74, 6) is 1.75. The van der Waals surface area contributed by atoms with Crippen LogP contribution in [0.15, 0.2) is 54.6 Å². The number of amides is 1. The molecule has 2 aromatic carbocycles. The first-order valence-electron chi connectivity index (χ1n) is 11.4. The second kappa shape index (κ2) is 10.1. The van der Waals surface area contributed by atoms with E-state index >= 15 is 0 Å². The van der Waals surface area contributed by atoms with Crippen molar-refractivity contribution in [2.24, 2.45) is 11.8 Å². The van der Waals surface area contributed by atoms with Crippen LogP contribution in [-0.2, 0) is 12.8 Å². The van der Waals surface area contributed by atoms with E-state index in [1.165, 1.54) is 32.1 Å². The molecule has 1 atom stereocenters. The maximum Gasteiger partial charge on any atom is 0.253 e. The van der Waals surface area contributed by atoms with Crippen LogP contribution in [0.2, 0.25) is 0 Å². The molecular formula is C26H34N2O. The van der Waals surface area contributed by atoms with Crippen molar-refractivity contribution in [1.82, 2.24) is 10.2 Å². The molecule has 0 aromatic heterocycles. The van der Waals surface area contributed by atoms with Crippen molar-refractivity contribution in [3.05, 3.63) is 71.3 Å². The summed E-state index contributed by atoms with van der Waals surface area (Å²) in [6, 6.07) is 18.6. The SMILES string of the molecule is O=C(c1ccccc1)N1CCC(CNCCCC2CCc3ccccc3C2)CC1. The molecule has 4 rings (SSSR count). The van der Waals surface area contributed by atoms with Crippen LogP contribution in [-0.4, -0.2) is 37.0 Å². The number of fused-ring (bicyclic) bond motifs is 1. The van der Waals surface area contributed by atoms with Crippen LogP contribution in [0.4, 0.5) is 0 Å². The molecule has 0 spiro atoms. The summed E-state index contributed by atoms with van der Waals surface area (Å²) in [6.45, 7) is 4.01. The first-order chi connectivity index (χ1) is 14.3. The van der Waals surface area contributed by atoms with Gasteiger partial charge in [0.1, 0.15) is 0 Å². The molecule has 0 saturated carbocycles. The largest absolute Gasteiger partial charge is 0.339 e. The summed E-state index contributed by atoms with van der Waals surface area (Å²) >= 11 is 0. The fourth-order valence-electron chi connectivity index (χ4n) is 4.95. The number of benzene rings is 2. The standard InChI is InChI=1S/C26H34N2O/c29-26(24-9-2-1-3-10-24)28-17-14-22(15-18-28)20-27-16-6-7-21-12-13-23-8-4-5-11-25(23)19-21/h1-5,8-11,21-22,27H,6-7,12-20H2. The highest BCUT2D eigenvalue weighted by Crippen LogP contribution is 2.28. The molecule has 1 fully saturated rings. The maximum atomic E-state index is 12.5. The Labute approximate surface area is 175 Å². The minimum absolute atomic E-state index is 0.186. The van der Waals surface area contributed by atoms with Gasteiger partial charge in [0, 0.05) is 18.7 Å².